The fourth-order valence-corrected chi connectivity index (χ4v) is 2.01. The molecule has 0 aromatic rings. The van der Waals surface area contributed by atoms with Crippen molar-refractivity contribution < 1.29 is 9.90 Å². The third-order valence-electron chi connectivity index (χ3n) is 3.14. The Morgan fingerprint density at radius 2 is 2.44 bits per heavy atom. The van der Waals surface area contributed by atoms with Crippen LogP contribution in [0.25, 0.3) is 0 Å². The Bertz CT molecular complexity index is 203. The number of aliphatic hydroxyl groups excluding tert-OH is 1. The van der Waals surface area contributed by atoms with Gasteiger partial charge < -0.3 is 15.7 Å². The molecule has 1 rings (SSSR count). The number of hydrogen-bond donors (Lipinski definition) is 3. The van der Waals surface area contributed by atoms with E-state index in [2.05, 4.69) is 10.6 Å². The molecular formula is C12H24N2O2. The van der Waals surface area contributed by atoms with Crippen molar-refractivity contribution in [2.45, 2.75) is 45.1 Å². The van der Waals surface area contributed by atoms with Gasteiger partial charge in [0.15, 0.2) is 0 Å². The summed E-state index contributed by atoms with van der Waals surface area (Å²) in [6.45, 7) is 4.58. The molecule has 0 bridgehead atoms. The Labute approximate surface area is 97.8 Å². The van der Waals surface area contributed by atoms with Crippen molar-refractivity contribution in [2.75, 3.05) is 19.6 Å². The Kier molecular flexibility index (Phi) is 6.42. The maximum Gasteiger partial charge on any atom is 0.220 e. The number of carbonyl (C=O) groups is 1. The lowest BCUT2D eigenvalue weighted by Gasteiger charge is -2.22. The van der Waals surface area contributed by atoms with Gasteiger partial charge in [-0.25, -0.2) is 0 Å². The maximum absolute atomic E-state index is 11.6. The van der Waals surface area contributed by atoms with Gasteiger partial charge in [0.1, 0.15) is 0 Å². The second-order valence-electron chi connectivity index (χ2n) is 4.62. The monoisotopic (exact) mass is 228 g/mol. The predicted molar refractivity (Wildman–Crippen MR) is 64.1 cm³/mol. The predicted octanol–water partition coefficient (Wildman–Crippen LogP) is 0.653. The van der Waals surface area contributed by atoms with Crippen molar-refractivity contribution in [3.8, 4) is 0 Å². The van der Waals surface area contributed by atoms with E-state index in [-0.39, 0.29) is 12.0 Å². The summed E-state index contributed by atoms with van der Waals surface area (Å²) in [6.07, 6.45) is 4.07. The van der Waals surface area contributed by atoms with Crippen LogP contribution in [0, 0.1) is 5.92 Å². The average molecular weight is 228 g/mol. The van der Waals surface area contributed by atoms with E-state index in [0.717, 1.165) is 25.9 Å². The summed E-state index contributed by atoms with van der Waals surface area (Å²) in [5, 5.41) is 15.5. The Balaban J connectivity index is 2.05. The average Bonchev–Trinajstić information content (AvgIpc) is 2.30. The lowest BCUT2D eigenvalue weighted by molar-refractivity contribution is -0.122. The van der Waals surface area contributed by atoms with Gasteiger partial charge in [-0.05, 0) is 44.7 Å². The molecule has 0 spiro atoms. The van der Waals surface area contributed by atoms with Gasteiger partial charge in [-0.1, -0.05) is 6.92 Å². The highest BCUT2D eigenvalue weighted by atomic mass is 16.3. The van der Waals surface area contributed by atoms with E-state index >= 15 is 0 Å². The van der Waals surface area contributed by atoms with Gasteiger partial charge in [0.25, 0.3) is 0 Å². The number of piperidine rings is 1. The van der Waals surface area contributed by atoms with Crippen molar-refractivity contribution in [1.82, 2.24) is 10.6 Å². The second-order valence-corrected chi connectivity index (χ2v) is 4.62. The van der Waals surface area contributed by atoms with Crippen LogP contribution in [0.2, 0.25) is 0 Å². The standard InChI is InChI=1S/C12H24N2O2/c1-2-11(15)5-7-14-12(16)8-10-4-3-6-13-9-10/h10-11,13,15H,2-9H2,1H3,(H,14,16). The van der Waals surface area contributed by atoms with E-state index in [1.807, 2.05) is 6.92 Å². The topological polar surface area (TPSA) is 61.4 Å². The van der Waals surface area contributed by atoms with Gasteiger partial charge in [-0.15, -0.1) is 0 Å². The molecule has 0 aromatic carbocycles. The summed E-state index contributed by atoms with van der Waals surface area (Å²) in [6, 6.07) is 0. The van der Waals surface area contributed by atoms with Gasteiger partial charge >= 0.3 is 0 Å². The highest BCUT2D eigenvalue weighted by Crippen LogP contribution is 2.13. The molecule has 0 saturated carbocycles. The van der Waals surface area contributed by atoms with E-state index < -0.39 is 0 Å². The Morgan fingerprint density at radius 3 is 3.06 bits per heavy atom. The third kappa shape index (κ3) is 5.47. The molecule has 94 valence electrons. The third-order valence-corrected chi connectivity index (χ3v) is 3.14. The van der Waals surface area contributed by atoms with Crippen LogP contribution in [0.4, 0.5) is 0 Å². The van der Waals surface area contributed by atoms with Gasteiger partial charge in [-0.2, -0.15) is 0 Å². The van der Waals surface area contributed by atoms with E-state index in [4.69, 9.17) is 0 Å². The smallest absolute Gasteiger partial charge is 0.220 e. The summed E-state index contributed by atoms with van der Waals surface area (Å²) in [7, 11) is 0. The SMILES string of the molecule is CCC(O)CCNC(=O)CC1CCCNC1. The normalized spacial score (nSPS) is 22.8. The molecule has 0 radical (unpaired) electrons. The molecular weight excluding hydrogens is 204 g/mol. The van der Waals surface area contributed by atoms with E-state index in [1.54, 1.807) is 0 Å². The fraction of sp³-hybridized carbons (Fsp3) is 0.917. The van der Waals surface area contributed by atoms with Crippen LogP contribution in [0.15, 0.2) is 0 Å². The van der Waals surface area contributed by atoms with Crippen molar-refractivity contribution >= 4 is 5.91 Å². The van der Waals surface area contributed by atoms with Crippen LogP contribution >= 0.6 is 0 Å². The molecule has 4 nitrogen and oxygen atoms in total. The van der Waals surface area contributed by atoms with Crippen LogP contribution in [0.3, 0.4) is 0 Å². The highest BCUT2D eigenvalue weighted by Gasteiger charge is 2.16. The quantitative estimate of drug-likeness (QED) is 0.625. The first-order chi connectivity index (χ1) is 7.72. The van der Waals surface area contributed by atoms with Crippen molar-refractivity contribution in [2.24, 2.45) is 5.92 Å². The first-order valence-corrected chi connectivity index (χ1v) is 6.37. The summed E-state index contributed by atoms with van der Waals surface area (Å²) >= 11 is 0. The van der Waals surface area contributed by atoms with Crippen molar-refractivity contribution in [3.63, 3.8) is 0 Å². The number of aliphatic hydroxyl groups is 1. The fourth-order valence-electron chi connectivity index (χ4n) is 2.01. The van der Waals surface area contributed by atoms with E-state index in [1.165, 1.54) is 6.42 Å². The molecule has 0 aromatic heterocycles. The minimum Gasteiger partial charge on any atom is -0.393 e. The van der Waals surface area contributed by atoms with E-state index in [9.17, 15) is 9.90 Å². The van der Waals surface area contributed by atoms with E-state index in [0.29, 0.717) is 25.3 Å². The van der Waals surface area contributed by atoms with Crippen LogP contribution in [0.5, 0.6) is 0 Å². The van der Waals surface area contributed by atoms with Gasteiger partial charge in [0.2, 0.25) is 5.91 Å². The lowest BCUT2D eigenvalue weighted by Crippen LogP contribution is -2.35. The molecule has 1 saturated heterocycles. The molecule has 1 heterocycles. The van der Waals surface area contributed by atoms with Crippen LogP contribution in [0.1, 0.15) is 39.0 Å². The largest absolute Gasteiger partial charge is 0.393 e. The van der Waals surface area contributed by atoms with Crippen molar-refractivity contribution in [3.05, 3.63) is 0 Å². The summed E-state index contributed by atoms with van der Waals surface area (Å²) in [5.41, 5.74) is 0. The number of rotatable bonds is 6. The van der Waals surface area contributed by atoms with Gasteiger partial charge in [0.05, 0.1) is 6.10 Å². The molecule has 1 aliphatic rings. The summed E-state index contributed by atoms with van der Waals surface area (Å²) < 4.78 is 0. The Morgan fingerprint density at radius 1 is 1.62 bits per heavy atom. The molecule has 2 unspecified atom stereocenters. The molecule has 4 heteroatoms. The highest BCUT2D eigenvalue weighted by molar-refractivity contribution is 5.76. The first kappa shape index (κ1) is 13.5. The van der Waals surface area contributed by atoms with Crippen molar-refractivity contribution in [1.29, 1.82) is 0 Å². The molecule has 1 amide bonds. The second kappa shape index (κ2) is 7.63. The zero-order valence-electron chi connectivity index (χ0n) is 10.2. The number of amides is 1. The van der Waals surface area contributed by atoms with Crippen LogP contribution in [-0.2, 0) is 4.79 Å². The first-order valence-electron chi connectivity index (χ1n) is 6.37. The maximum atomic E-state index is 11.6. The molecule has 0 aliphatic carbocycles. The minimum absolute atomic E-state index is 0.122. The molecule has 3 N–H and O–H groups in total. The molecule has 2 atom stereocenters. The summed E-state index contributed by atoms with van der Waals surface area (Å²) in [5.74, 6) is 0.613. The van der Waals surface area contributed by atoms with Crippen LogP contribution < -0.4 is 10.6 Å². The van der Waals surface area contributed by atoms with Crippen LogP contribution in [-0.4, -0.2) is 36.8 Å². The summed E-state index contributed by atoms with van der Waals surface area (Å²) in [4.78, 5) is 11.6. The number of nitrogens with one attached hydrogen (secondary N) is 2. The lowest BCUT2D eigenvalue weighted by atomic mass is 9.96. The number of hydrogen-bond acceptors (Lipinski definition) is 3. The molecule has 1 aliphatic heterocycles. The minimum atomic E-state index is -0.281. The zero-order chi connectivity index (χ0) is 11.8. The van der Waals surface area contributed by atoms with Gasteiger partial charge in [-0.3, -0.25) is 4.79 Å². The van der Waals surface area contributed by atoms with Gasteiger partial charge in [0, 0.05) is 13.0 Å². The molecule has 16 heavy (non-hydrogen) atoms. The number of carbonyl (C=O) groups excluding carboxylic acids is 1. The zero-order valence-corrected chi connectivity index (χ0v) is 10.2. The Hall–Kier alpha value is -0.610. The molecule has 1 fully saturated rings.